The third-order valence-corrected chi connectivity index (χ3v) is 5.06. The summed E-state index contributed by atoms with van der Waals surface area (Å²) in [4.78, 5) is 4.65. The van der Waals surface area contributed by atoms with E-state index in [1.54, 1.807) is 0 Å². The van der Waals surface area contributed by atoms with Crippen LogP contribution in [0.1, 0.15) is 64.4 Å². The van der Waals surface area contributed by atoms with Crippen LogP contribution in [0.2, 0.25) is 0 Å². The molecule has 0 amide bonds. The standard InChI is InChI=1S/C20H33N3O.HI/c1-4-24-13-12-20(10-5-6-11-20)15-22-19(21)23-18-9-7-8-17(14-18)16(2)3;/h7-9,14,16H,4-6,10-13,15H2,1-3H3,(H3,21,22,23);1H. The highest BCUT2D eigenvalue weighted by Crippen LogP contribution is 2.41. The van der Waals surface area contributed by atoms with Crippen molar-refractivity contribution in [1.29, 1.82) is 0 Å². The zero-order valence-electron chi connectivity index (χ0n) is 15.9. The van der Waals surface area contributed by atoms with Gasteiger partial charge in [0.1, 0.15) is 0 Å². The van der Waals surface area contributed by atoms with Crippen molar-refractivity contribution < 1.29 is 4.74 Å². The predicted octanol–water partition coefficient (Wildman–Crippen LogP) is 5.14. The monoisotopic (exact) mass is 459 g/mol. The molecule has 1 aromatic rings. The Morgan fingerprint density at radius 1 is 1.32 bits per heavy atom. The highest BCUT2D eigenvalue weighted by atomic mass is 127. The topological polar surface area (TPSA) is 59.6 Å². The van der Waals surface area contributed by atoms with E-state index >= 15 is 0 Å². The largest absolute Gasteiger partial charge is 0.382 e. The summed E-state index contributed by atoms with van der Waals surface area (Å²) in [6.45, 7) is 8.85. The first-order valence-corrected chi connectivity index (χ1v) is 9.29. The van der Waals surface area contributed by atoms with Crippen molar-refractivity contribution in [3.63, 3.8) is 0 Å². The van der Waals surface area contributed by atoms with Gasteiger partial charge in [-0.3, -0.25) is 4.99 Å². The van der Waals surface area contributed by atoms with Crippen molar-refractivity contribution in [3.05, 3.63) is 29.8 Å². The van der Waals surface area contributed by atoms with Crippen LogP contribution < -0.4 is 11.1 Å². The molecule has 1 fully saturated rings. The lowest BCUT2D eigenvalue weighted by molar-refractivity contribution is 0.107. The average molecular weight is 459 g/mol. The second kappa shape index (κ2) is 11.0. The number of nitrogens with two attached hydrogens (primary N) is 1. The Hall–Kier alpha value is -0.820. The molecule has 3 N–H and O–H groups in total. The minimum absolute atomic E-state index is 0. The van der Waals surface area contributed by atoms with E-state index in [0.717, 1.165) is 31.9 Å². The molecule has 0 radical (unpaired) electrons. The molecule has 0 bridgehead atoms. The van der Waals surface area contributed by atoms with Gasteiger partial charge in [0, 0.05) is 25.4 Å². The normalized spacial score (nSPS) is 16.7. The molecule has 0 heterocycles. The van der Waals surface area contributed by atoms with Crippen molar-refractivity contribution >= 4 is 35.6 Å². The van der Waals surface area contributed by atoms with Gasteiger partial charge in [-0.25, -0.2) is 0 Å². The van der Waals surface area contributed by atoms with Crippen LogP contribution in [0.15, 0.2) is 29.3 Å². The molecule has 1 saturated carbocycles. The Balaban J connectivity index is 0.00000312. The van der Waals surface area contributed by atoms with E-state index in [9.17, 15) is 0 Å². The molecule has 5 heteroatoms. The molecular weight excluding hydrogens is 425 g/mol. The molecule has 25 heavy (non-hydrogen) atoms. The second-order valence-electron chi connectivity index (χ2n) is 7.26. The Morgan fingerprint density at radius 2 is 2.04 bits per heavy atom. The maximum Gasteiger partial charge on any atom is 0.193 e. The van der Waals surface area contributed by atoms with Gasteiger partial charge < -0.3 is 15.8 Å². The molecule has 0 aliphatic heterocycles. The van der Waals surface area contributed by atoms with E-state index < -0.39 is 0 Å². The van der Waals surface area contributed by atoms with E-state index in [1.807, 2.05) is 13.0 Å². The van der Waals surface area contributed by atoms with Crippen LogP contribution in [-0.4, -0.2) is 25.7 Å². The number of anilines is 1. The molecule has 1 aliphatic rings. The maximum atomic E-state index is 6.13. The number of halogens is 1. The molecule has 142 valence electrons. The van der Waals surface area contributed by atoms with Crippen molar-refractivity contribution in [2.45, 2.75) is 58.8 Å². The maximum absolute atomic E-state index is 6.13. The average Bonchev–Trinajstić information content (AvgIpc) is 3.03. The smallest absolute Gasteiger partial charge is 0.193 e. The summed E-state index contributed by atoms with van der Waals surface area (Å²) in [6, 6.07) is 8.39. The molecule has 0 spiro atoms. The Morgan fingerprint density at radius 3 is 2.68 bits per heavy atom. The number of ether oxygens (including phenoxy) is 1. The molecule has 0 atom stereocenters. The number of nitrogens with zero attached hydrogens (tertiary/aromatic N) is 1. The number of aliphatic imine (C=N–C) groups is 1. The lowest BCUT2D eigenvalue weighted by atomic mass is 9.83. The van der Waals surface area contributed by atoms with Crippen LogP contribution in [0.25, 0.3) is 0 Å². The van der Waals surface area contributed by atoms with Crippen molar-refractivity contribution in [3.8, 4) is 0 Å². The minimum Gasteiger partial charge on any atom is -0.382 e. The fourth-order valence-electron chi connectivity index (χ4n) is 3.46. The first kappa shape index (κ1) is 22.2. The number of guanidine groups is 1. The molecule has 1 aromatic carbocycles. The van der Waals surface area contributed by atoms with Crippen LogP contribution in [0.5, 0.6) is 0 Å². The summed E-state index contributed by atoms with van der Waals surface area (Å²) in [5.74, 6) is 1.02. The SMILES string of the molecule is CCOCCC1(CN=C(N)Nc2cccc(C(C)C)c2)CCCC1.I. The highest BCUT2D eigenvalue weighted by molar-refractivity contribution is 14.0. The molecule has 0 unspecified atom stereocenters. The van der Waals surface area contributed by atoms with Crippen LogP contribution in [0, 0.1) is 5.41 Å². The van der Waals surface area contributed by atoms with Crippen LogP contribution >= 0.6 is 24.0 Å². The Labute approximate surface area is 170 Å². The molecule has 4 nitrogen and oxygen atoms in total. The fourth-order valence-corrected chi connectivity index (χ4v) is 3.46. The molecule has 2 rings (SSSR count). The summed E-state index contributed by atoms with van der Waals surface area (Å²) in [7, 11) is 0. The first-order valence-electron chi connectivity index (χ1n) is 9.29. The minimum atomic E-state index is 0. The summed E-state index contributed by atoms with van der Waals surface area (Å²) in [6.07, 6.45) is 6.15. The number of hydrogen-bond donors (Lipinski definition) is 2. The van der Waals surface area contributed by atoms with Crippen molar-refractivity contribution in [1.82, 2.24) is 0 Å². The second-order valence-corrected chi connectivity index (χ2v) is 7.26. The van der Waals surface area contributed by atoms with E-state index in [2.05, 4.69) is 42.4 Å². The number of hydrogen-bond acceptors (Lipinski definition) is 2. The van der Waals surface area contributed by atoms with Crippen LogP contribution in [0.3, 0.4) is 0 Å². The van der Waals surface area contributed by atoms with Gasteiger partial charge in [0.2, 0.25) is 0 Å². The van der Waals surface area contributed by atoms with Gasteiger partial charge in [0.25, 0.3) is 0 Å². The van der Waals surface area contributed by atoms with Gasteiger partial charge in [-0.15, -0.1) is 24.0 Å². The van der Waals surface area contributed by atoms with Crippen LogP contribution in [-0.2, 0) is 4.74 Å². The number of benzene rings is 1. The lowest BCUT2D eigenvalue weighted by Crippen LogP contribution is -2.28. The third kappa shape index (κ3) is 7.13. The quantitative estimate of drug-likeness (QED) is 0.245. The molecule has 0 saturated heterocycles. The van der Waals surface area contributed by atoms with Gasteiger partial charge in [0.05, 0.1) is 0 Å². The van der Waals surface area contributed by atoms with Crippen molar-refractivity contribution in [2.75, 3.05) is 25.1 Å². The summed E-state index contributed by atoms with van der Waals surface area (Å²) in [5.41, 5.74) is 8.72. The predicted molar refractivity (Wildman–Crippen MR) is 118 cm³/mol. The molecular formula is C20H34IN3O. The highest BCUT2D eigenvalue weighted by Gasteiger charge is 2.33. The lowest BCUT2D eigenvalue weighted by Gasteiger charge is -2.27. The molecule has 1 aliphatic carbocycles. The third-order valence-electron chi connectivity index (χ3n) is 5.06. The van der Waals surface area contributed by atoms with Gasteiger partial charge in [-0.2, -0.15) is 0 Å². The summed E-state index contributed by atoms with van der Waals surface area (Å²) < 4.78 is 5.56. The van der Waals surface area contributed by atoms with Gasteiger partial charge in [-0.1, -0.05) is 38.8 Å². The number of nitrogens with one attached hydrogen (secondary N) is 1. The van der Waals surface area contributed by atoms with Gasteiger partial charge in [-0.05, 0) is 55.2 Å². The molecule has 0 aromatic heterocycles. The van der Waals surface area contributed by atoms with E-state index in [1.165, 1.54) is 31.2 Å². The zero-order chi connectivity index (χ0) is 17.4. The van der Waals surface area contributed by atoms with E-state index in [4.69, 9.17) is 10.5 Å². The van der Waals surface area contributed by atoms with Crippen LogP contribution in [0.4, 0.5) is 5.69 Å². The van der Waals surface area contributed by atoms with Gasteiger partial charge in [0.15, 0.2) is 5.96 Å². The zero-order valence-corrected chi connectivity index (χ0v) is 18.2. The van der Waals surface area contributed by atoms with Crippen molar-refractivity contribution in [2.24, 2.45) is 16.1 Å². The Bertz CT molecular complexity index is 539. The summed E-state index contributed by atoms with van der Waals surface area (Å²) >= 11 is 0. The first-order chi connectivity index (χ1) is 11.5. The fraction of sp³-hybridized carbons (Fsp3) is 0.650. The number of rotatable bonds is 8. The van der Waals surface area contributed by atoms with Gasteiger partial charge >= 0.3 is 0 Å². The van der Waals surface area contributed by atoms with E-state index in [0.29, 0.717) is 11.9 Å². The van der Waals surface area contributed by atoms with E-state index in [-0.39, 0.29) is 29.4 Å². The Kier molecular flexibility index (Phi) is 9.79. The summed E-state index contributed by atoms with van der Waals surface area (Å²) in [5, 5.41) is 3.24.